The van der Waals surface area contributed by atoms with Crippen molar-refractivity contribution in [2.75, 3.05) is 6.61 Å². The SMILES string of the molecule is O=C(NC(CO)Cc1ccccc1)c1csc(Br)c1. The van der Waals surface area contributed by atoms with Crippen LogP contribution in [0.2, 0.25) is 0 Å². The predicted molar refractivity (Wildman–Crippen MR) is 80.5 cm³/mol. The van der Waals surface area contributed by atoms with Crippen molar-refractivity contribution < 1.29 is 9.90 Å². The van der Waals surface area contributed by atoms with Gasteiger partial charge in [0.25, 0.3) is 5.91 Å². The Morgan fingerprint density at radius 1 is 1.37 bits per heavy atom. The van der Waals surface area contributed by atoms with Crippen LogP contribution in [0.5, 0.6) is 0 Å². The third-order valence-corrected chi connectivity index (χ3v) is 4.21. The minimum Gasteiger partial charge on any atom is -0.394 e. The normalized spacial score (nSPS) is 12.1. The molecule has 0 bridgehead atoms. The molecule has 3 nitrogen and oxygen atoms in total. The van der Waals surface area contributed by atoms with E-state index in [9.17, 15) is 9.90 Å². The van der Waals surface area contributed by atoms with Gasteiger partial charge in [0.05, 0.1) is 22.0 Å². The highest BCUT2D eigenvalue weighted by Gasteiger charge is 2.14. The van der Waals surface area contributed by atoms with Crippen molar-refractivity contribution in [3.8, 4) is 0 Å². The number of aliphatic hydroxyl groups is 1. The first kappa shape index (κ1) is 14.2. The maximum atomic E-state index is 12.0. The molecule has 1 amide bonds. The van der Waals surface area contributed by atoms with Crippen molar-refractivity contribution >= 4 is 33.2 Å². The molecule has 0 aliphatic carbocycles. The van der Waals surface area contributed by atoms with E-state index in [1.807, 2.05) is 30.3 Å². The standard InChI is InChI=1S/C14H14BrNO2S/c15-13-7-11(9-19-13)14(18)16-12(8-17)6-10-4-2-1-3-5-10/h1-5,7,9,12,17H,6,8H2,(H,16,18). The van der Waals surface area contributed by atoms with E-state index in [4.69, 9.17) is 0 Å². The van der Waals surface area contributed by atoms with Crippen molar-refractivity contribution in [2.24, 2.45) is 0 Å². The molecule has 1 aromatic carbocycles. The Morgan fingerprint density at radius 3 is 2.68 bits per heavy atom. The summed E-state index contributed by atoms with van der Waals surface area (Å²) in [6.07, 6.45) is 0.619. The average Bonchev–Trinajstić information content (AvgIpc) is 2.86. The molecule has 5 heteroatoms. The molecule has 2 N–H and O–H groups in total. The molecule has 1 unspecified atom stereocenters. The summed E-state index contributed by atoms with van der Waals surface area (Å²) >= 11 is 4.79. The van der Waals surface area contributed by atoms with Gasteiger partial charge in [0.15, 0.2) is 0 Å². The van der Waals surface area contributed by atoms with E-state index in [0.717, 1.165) is 9.35 Å². The van der Waals surface area contributed by atoms with E-state index in [2.05, 4.69) is 21.2 Å². The second kappa shape index (κ2) is 6.84. The Morgan fingerprint density at radius 2 is 2.11 bits per heavy atom. The maximum Gasteiger partial charge on any atom is 0.252 e. The number of thiophene rings is 1. The summed E-state index contributed by atoms with van der Waals surface area (Å²) in [6.45, 7) is -0.0774. The van der Waals surface area contributed by atoms with E-state index in [-0.39, 0.29) is 18.6 Å². The highest BCUT2D eigenvalue weighted by atomic mass is 79.9. The molecule has 0 radical (unpaired) electrons. The molecular weight excluding hydrogens is 326 g/mol. The number of amides is 1. The zero-order valence-electron chi connectivity index (χ0n) is 10.2. The Balaban J connectivity index is 1.97. The monoisotopic (exact) mass is 339 g/mol. The summed E-state index contributed by atoms with van der Waals surface area (Å²) < 4.78 is 0.918. The van der Waals surface area contributed by atoms with Crippen LogP contribution in [0, 0.1) is 0 Å². The van der Waals surface area contributed by atoms with Crippen LogP contribution in [0.15, 0.2) is 45.6 Å². The largest absolute Gasteiger partial charge is 0.394 e. The second-order valence-corrected chi connectivity index (χ2v) is 6.47. The van der Waals surface area contributed by atoms with Gasteiger partial charge < -0.3 is 10.4 Å². The second-order valence-electron chi connectivity index (χ2n) is 4.18. The Bertz CT molecular complexity index is 541. The zero-order chi connectivity index (χ0) is 13.7. The summed E-state index contributed by atoms with van der Waals surface area (Å²) in [5.41, 5.74) is 1.71. The number of benzene rings is 1. The molecule has 100 valence electrons. The van der Waals surface area contributed by atoms with E-state index in [0.29, 0.717) is 12.0 Å². The van der Waals surface area contributed by atoms with Gasteiger partial charge in [0.1, 0.15) is 0 Å². The fourth-order valence-electron chi connectivity index (χ4n) is 1.76. The Kier molecular flexibility index (Phi) is 5.13. The summed E-state index contributed by atoms with van der Waals surface area (Å²) in [7, 11) is 0. The van der Waals surface area contributed by atoms with E-state index in [1.54, 1.807) is 11.4 Å². The van der Waals surface area contributed by atoms with Gasteiger partial charge in [-0.15, -0.1) is 11.3 Å². The average molecular weight is 340 g/mol. The van der Waals surface area contributed by atoms with E-state index >= 15 is 0 Å². The van der Waals surface area contributed by atoms with E-state index in [1.165, 1.54) is 11.3 Å². The predicted octanol–water partition coefficient (Wildman–Crippen LogP) is 2.84. The van der Waals surface area contributed by atoms with Gasteiger partial charge in [0.2, 0.25) is 0 Å². The van der Waals surface area contributed by atoms with Gasteiger partial charge in [-0.25, -0.2) is 0 Å². The van der Waals surface area contributed by atoms with Gasteiger partial charge >= 0.3 is 0 Å². The summed E-state index contributed by atoms with van der Waals surface area (Å²) in [6, 6.07) is 11.3. The zero-order valence-corrected chi connectivity index (χ0v) is 12.6. The highest BCUT2D eigenvalue weighted by Crippen LogP contribution is 2.20. The quantitative estimate of drug-likeness (QED) is 0.879. The lowest BCUT2D eigenvalue weighted by molar-refractivity contribution is 0.0917. The molecule has 2 aromatic rings. The molecule has 0 aliphatic heterocycles. The van der Waals surface area contributed by atoms with Gasteiger partial charge in [0, 0.05) is 5.38 Å². The smallest absolute Gasteiger partial charge is 0.252 e. The topological polar surface area (TPSA) is 49.3 Å². The highest BCUT2D eigenvalue weighted by molar-refractivity contribution is 9.11. The molecule has 2 rings (SSSR count). The first-order chi connectivity index (χ1) is 9.19. The van der Waals surface area contributed by atoms with Gasteiger partial charge in [-0.2, -0.15) is 0 Å². The fraction of sp³-hybridized carbons (Fsp3) is 0.214. The van der Waals surface area contributed by atoms with Crippen molar-refractivity contribution in [1.82, 2.24) is 5.32 Å². The molecule has 1 atom stereocenters. The number of carbonyl (C=O) groups excluding carboxylic acids is 1. The number of rotatable bonds is 5. The number of nitrogens with one attached hydrogen (secondary N) is 1. The van der Waals surface area contributed by atoms with Crippen LogP contribution in [0.1, 0.15) is 15.9 Å². The summed E-state index contributed by atoms with van der Waals surface area (Å²) in [4.78, 5) is 12.0. The van der Waals surface area contributed by atoms with Crippen molar-refractivity contribution in [1.29, 1.82) is 0 Å². The number of hydrogen-bond acceptors (Lipinski definition) is 3. The third-order valence-electron chi connectivity index (χ3n) is 2.71. The minimum absolute atomic E-state index is 0.0774. The van der Waals surface area contributed by atoms with Crippen LogP contribution in [0.25, 0.3) is 0 Å². The van der Waals surface area contributed by atoms with Crippen molar-refractivity contribution in [2.45, 2.75) is 12.5 Å². The Labute approximate surface area is 124 Å². The molecule has 1 aromatic heterocycles. The number of aliphatic hydroxyl groups excluding tert-OH is 1. The molecule has 1 heterocycles. The van der Waals surface area contributed by atoms with Gasteiger partial charge in [-0.1, -0.05) is 30.3 Å². The van der Waals surface area contributed by atoms with Crippen LogP contribution in [0.4, 0.5) is 0 Å². The number of carbonyl (C=O) groups is 1. The molecule has 0 spiro atoms. The fourth-order valence-corrected chi connectivity index (χ4v) is 2.89. The summed E-state index contributed by atoms with van der Waals surface area (Å²) in [5.74, 6) is -0.156. The maximum absolute atomic E-state index is 12.0. The van der Waals surface area contributed by atoms with Crippen LogP contribution >= 0.6 is 27.3 Å². The van der Waals surface area contributed by atoms with Crippen molar-refractivity contribution in [3.63, 3.8) is 0 Å². The molecule has 0 fully saturated rings. The first-order valence-electron chi connectivity index (χ1n) is 5.88. The Hall–Kier alpha value is -1.17. The first-order valence-corrected chi connectivity index (χ1v) is 7.56. The van der Waals surface area contributed by atoms with Crippen molar-refractivity contribution in [3.05, 3.63) is 56.7 Å². The van der Waals surface area contributed by atoms with Gasteiger partial charge in [-0.05, 0) is 34.0 Å². The third kappa shape index (κ3) is 4.16. The van der Waals surface area contributed by atoms with Crippen LogP contribution < -0.4 is 5.32 Å². The molecule has 0 saturated carbocycles. The minimum atomic E-state index is -0.270. The van der Waals surface area contributed by atoms with Crippen LogP contribution in [-0.4, -0.2) is 23.7 Å². The lowest BCUT2D eigenvalue weighted by Crippen LogP contribution is -2.38. The van der Waals surface area contributed by atoms with Crippen LogP contribution in [0.3, 0.4) is 0 Å². The van der Waals surface area contributed by atoms with Gasteiger partial charge in [-0.3, -0.25) is 4.79 Å². The number of halogens is 1. The lowest BCUT2D eigenvalue weighted by Gasteiger charge is -2.15. The molecular formula is C14H14BrNO2S. The summed E-state index contributed by atoms with van der Waals surface area (Å²) in [5, 5.41) is 14.0. The molecule has 0 saturated heterocycles. The molecule has 0 aliphatic rings. The van der Waals surface area contributed by atoms with E-state index < -0.39 is 0 Å². The molecule has 19 heavy (non-hydrogen) atoms. The lowest BCUT2D eigenvalue weighted by atomic mass is 10.1. The van der Waals surface area contributed by atoms with Crippen LogP contribution in [-0.2, 0) is 6.42 Å². The number of hydrogen-bond donors (Lipinski definition) is 2.